The predicted octanol–water partition coefficient (Wildman–Crippen LogP) is 2.88. The fourth-order valence-corrected chi connectivity index (χ4v) is 2.87. The number of carbonyl (C=O) groups is 2. The van der Waals surface area contributed by atoms with Crippen LogP contribution in [0.5, 0.6) is 0 Å². The summed E-state index contributed by atoms with van der Waals surface area (Å²) in [6.45, 7) is 4.31. The highest BCUT2D eigenvalue weighted by Crippen LogP contribution is 2.27. The Balaban J connectivity index is 1.72. The number of aryl methyl sites for hydroxylation is 2. The first-order valence-electron chi connectivity index (χ1n) is 7.98. The highest BCUT2D eigenvalue weighted by atomic mass is 16.2. The van der Waals surface area contributed by atoms with Gasteiger partial charge in [-0.2, -0.15) is 0 Å². The van der Waals surface area contributed by atoms with E-state index in [1.54, 1.807) is 17.0 Å². The molecule has 0 radical (unpaired) electrons. The second kappa shape index (κ2) is 6.35. The van der Waals surface area contributed by atoms with Crippen molar-refractivity contribution < 1.29 is 9.59 Å². The lowest BCUT2D eigenvalue weighted by Gasteiger charge is -2.17. The van der Waals surface area contributed by atoms with Gasteiger partial charge < -0.3 is 16.0 Å². The number of nitrogens with two attached hydrogens (primary N) is 1. The molecule has 3 N–H and O–H groups in total. The smallest absolute Gasteiger partial charge is 0.229 e. The molecule has 2 aromatic carbocycles. The molecule has 1 heterocycles. The van der Waals surface area contributed by atoms with Crippen LogP contribution in [0, 0.1) is 19.8 Å². The third-order valence-electron chi connectivity index (χ3n) is 4.36. The Morgan fingerprint density at radius 1 is 1.17 bits per heavy atom. The fraction of sp³-hybridized carbons (Fsp3) is 0.263. The molecule has 5 nitrogen and oxygen atoms in total. The van der Waals surface area contributed by atoms with Crippen molar-refractivity contribution in [3.63, 3.8) is 0 Å². The molecule has 1 unspecified atom stereocenters. The normalized spacial score (nSPS) is 17.2. The highest BCUT2D eigenvalue weighted by Gasteiger charge is 2.35. The van der Waals surface area contributed by atoms with Crippen molar-refractivity contribution in [3.8, 4) is 0 Å². The Bertz CT molecular complexity index is 784. The van der Waals surface area contributed by atoms with Gasteiger partial charge in [-0.25, -0.2) is 0 Å². The van der Waals surface area contributed by atoms with Crippen LogP contribution in [-0.4, -0.2) is 18.4 Å². The number of hydrogen-bond acceptors (Lipinski definition) is 3. The lowest BCUT2D eigenvalue weighted by Crippen LogP contribution is -2.28. The summed E-state index contributed by atoms with van der Waals surface area (Å²) in [4.78, 5) is 26.5. The van der Waals surface area contributed by atoms with Crippen LogP contribution in [0.15, 0.2) is 42.5 Å². The molecule has 24 heavy (non-hydrogen) atoms. The molecular weight excluding hydrogens is 302 g/mol. The number of hydrogen-bond donors (Lipinski definition) is 2. The summed E-state index contributed by atoms with van der Waals surface area (Å²) in [5, 5.41) is 2.90. The van der Waals surface area contributed by atoms with E-state index in [4.69, 9.17) is 5.73 Å². The Morgan fingerprint density at radius 3 is 2.58 bits per heavy atom. The fourth-order valence-electron chi connectivity index (χ4n) is 2.87. The maximum atomic E-state index is 12.5. The first-order chi connectivity index (χ1) is 11.4. The lowest BCUT2D eigenvalue weighted by molar-refractivity contribution is -0.122. The predicted molar refractivity (Wildman–Crippen MR) is 95.9 cm³/mol. The molecular formula is C19H21N3O2. The average molecular weight is 323 g/mol. The number of amides is 2. The van der Waals surface area contributed by atoms with E-state index in [0.29, 0.717) is 17.9 Å². The number of nitrogen functional groups attached to an aromatic ring is 1. The molecule has 5 heteroatoms. The van der Waals surface area contributed by atoms with Crippen molar-refractivity contribution in [2.75, 3.05) is 22.5 Å². The molecule has 124 valence electrons. The van der Waals surface area contributed by atoms with Crippen molar-refractivity contribution in [1.82, 2.24) is 0 Å². The van der Waals surface area contributed by atoms with Crippen molar-refractivity contribution in [2.45, 2.75) is 20.3 Å². The third-order valence-corrected chi connectivity index (χ3v) is 4.36. The summed E-state index contributed by atoms with van der Waals surface area (Å²) in [5.41, 5.74) is 9.98. The lowest BCUT2D eigenvalue weighted by atomic mass is 10.1. The third kappa shape index (κ3) is 3.25. The van der Waals surface area contributed by atoms with Gasteiger partial charge >= 0.3 is 0 Å². The van der Waals surface area contributed by atoms with E-state index in [-0.39, 0.29) is 24.2 Å². The van der Waals surface area contributed by atoms with Crippen LogP contribution >= 0.6 is 0 Å². The summed E-state index contributed by atoms with van der Waals surface area (Å²) >= 11 is 0. The number of anilines is 3. The SMILES string of the molecule is Cc1ccc(N2CC(C(=O)Nc3cc(N)ccc3C)CC2=O)cc1. The minimum atomic E-state index is -0.361. The molecule has 1 aliphatic rings. The molecule has 0 spiro atoms. The van der Waals surface area contributed by atoms with Crippen LogP contribution in [0.1, 0.15) is 17.5 Å². The minimum absolute atomic E-state index is 0.0247. The largest absolute Gasteiger partial charge is 0.399 e. The van der Waals surface area contributed by atoms with Crippen molar-refractivity contribution in [3.05, 3.63) is 53.6 Å². The Hall–Kier alpha value is -2.82. The zero-order valence-corrected chi connectivity index (χ0v) is 13.9. The van der Waals surface area contributed by atoms with Crippen LogP contribution < -0.4 is 16.0 Å². The highest BCUT2D eigenvalue weighted by molar-refractivity contribution is 6.03. The number of nitrogens with zero attached hydrogens (tertiary/aromatic N) is 1. The van der Waals surface area contributed by atoms with Gasteiger partial charge in [0.2, 0.25) is 11.8 Å². The van der Waals surface area contributed by atoms with E-state index in [1.165, 1.54) is 0 Å². The maximum Gasteiger partial charge on any atom is 0.229 e. The molecule has 1 aliphatic heterocycles. The number of benzene rings is 2. The second-order valence-corrected chi connectivity index (χ2v) is 6.30. The molecule has 1 saturated heterocycles. The van der Waals surface area contributed by atoms with Crippen LogP contribution in [0.4, 0.5) is 17.1 Å². The molecule has 1 atom stereocenters. The van der Waals surface area contributed by atoms with Crippen molar-refractivity contribution >= 4 is 28.9 Å². The van der Waals surface area contributed by atoms with Gasteiger partial charge in [0.1, 0.15) is 0 Å². The summed E-state index contributed by atoms with van der Waals surface area (Å²) in [6, 6.07) is 13.2. The molecule has 0 aromatic heterocycles. The van der Waals surface area contributed by atoms with Crippen molar-refractivity contribution in [2.24, 2.45) is 5.92 Å². The zero-order chi connectivity index (χ0) is 17.3. The number of rotatable bonds is 3. The van der Waals surface area contributed by atoms with Crippen LogP contribution in [-0.2, 0) is 9.59 Å². The van der Waals surface area contributed by atoms with Gasteiger partial charge in [-0.1, -0.05) is 23.8 Å². The van der Waals surface area contributed by atoms with Gasteiger partial charge in [-0.3, -0.25) is 9.59 Å². The van der Waals surface area contributed by atoms with Crippen LogP contribution in [0.2, 0.25) is 0 Å². The maximum absolute atomic E-state index is 12.5. The van der Waals surface area contributed by atoms with Gasteiger partial charge in [-0.05, 0) is 43.7 Å². The Kier molecular flexibility index (Phi) is 4.25. The summed E-state index contributed by atoms with van der Waals surface area (Å²) < 4.78 is 0. The van der Waals surface area contributed by atoms with Gasteiger partial charge in [0.25, 0.3) is 0 Å². The monoisotopic (exact) mass is 323 g/mol. The first-order valence-corrected chi connectivity index (χ1v) is 7.98. The average Bonchev–Trinajstić information content (AvgIpc) is 2.94. The molecule has 0 saturated carbocycles. The zero-order valence-electron chi connectivity index (χ0n) is 13.9. The molecule has 2 aromatic rings. The molecule has 2 amide bonds. The van der Waals surface area contributed by atoms with E-state index < -0.39 is 0 Å². The Labute approximate surface area is 141 Å². The van der Waals surface area contributed by atoms with E-state index in [9.17, 15) is 9.59 Å². The van der Waals surface area contributed by atoms with Gasteiger partial charge in [0.05, 0.1) is 5.92 Å². The first kappa shape index (κ1) is 16.1. The second-order valence-electron chi connectivity index (χ2n) is 6.30. The van der Waals surface area contributed by atoms with E-state index in [0.717, 1.165) is 16.8 Å². The van der Waals surface area contributed by atoms with E-state index in [2.05, 4.69) is 5.32 Å². The topological polar surface area (TPSA) is 75.4 Å². The van der Waals surface area contributed by atoms with E-state index in [1.807, 2.05) is 44.2 Å². The molecule has 0 aliphatic carbocycles. The van der Waals surface area contributed by atoms with Gasteiger partial charge in [-0.15, -0.1) is 0 Å². The summed E-state index contributed by atoms with van der Waals surface area (Å²) in [5.74, 6) is -0.533. The standard InChI is InChI=1S/C19H21N3O2/c1-12-3-7-16(8-4-12)22-11-14(9-18(22)23)19(24)21-17-10-15(20)6-5-13(17)2/h3-8,10,14H,9,11,20H2,1-2H3,(H,21,24). The molecule has 3 rings (SSSR count). The minimum Gasteiger partial charge on any atom is -0.399 e. The summed E-state index contributed by atoms with van der Waals surface area (Å²) in [6.07, 6.45) is 0.223. The quantitative estimate of drug-likeness (QED) is 0.853. The number of nitrogens with one attached hydrogen (secondary N) is 1. The Morgan fingerprint density at radius 2 is 1.88 bits per heavy atom. The van der Waals surface area contributed by atoms with Gasteiger partial charge in [0.15, 0.2) is 0 Å². The number of carbonyl (C=O) groups excluding carboxylic acids is 2. The van der Waals surface area contributed by atoms with E-state index >= 15 is 0 Å². The molecule has 0 bridgehead atoms. The van der Waals surface area contributed by atoms with Crippen LogP contribution in [0.25, 0.3) is 0 Å². The van der Waals surface area contributed by atoms with Crippen molar-refractivity contribution in [1.29, 1.82) is 0 Å². The summed E-state index contributed by atoms with van der Waals surface area (Å²) in [7, 11) is 0. The van der Waals surface area contributed by atoms with Crippen LogP contribution in [0.3, 0.4) is 0 Å². The molecule has 1 fully saturated rings. The van der Waals surface area contributed by atoms with Gasteiger partial charge in [0, 0.05) is 30.0 Å².